The SMILES string of the molecule is Fc1ccccc1CN(CCN1CCOCC1)C(=S)Nc1cccnc1. The number of morpholine rings is 1. The monoisotopic (exact) mass is 374 g/mol. The Morgan fingerprint density at radius 2 is 2.04 bits per heavy atom. The highest BCUT2D eigenvalue weighted by Gasteiger charge is 2.16. The van der Waals surface area contributed by atoms with E-state index in [1.54, 1.807) is 24.5 Å². The molecule has 0 aliphatic carbocycles. The highest BCUT2D eigenvalue weighted by atomic mass is 32.1. The number of nitrogens with zero attached hydrogens (tertiary/aromatic N) is 3. The first kappa shape index (κ1) is 18.7. The zero-order valence-electron chi connectivity index (χ0n) is 14.6. The summed E-state index contributed by atoms with van der Waals surface area (Å²) >= 11 is 5.59. The van der Waals surface area contributed by atoms with Crippen LogP contribution in [0.3, 0.4) is 0 Å². The number of ether oxygens (including phenoxy) is 1. The largest absolute Gasteiger partial charge is 0.379 e. The molecule has 1 aliphatic rings. The summed E-state index contributed by atoms with van der Waals surface area (Å²) in [6.07, 6.45) is 3.43. The Morgan fingerprint density at radius 1 is 1.23 bits per heavy atom. The fraction of sp³-hybridized carbons (Fsp3) is 0.368. The van der Waals surface area contributed by atoms with Crippen LogP contribution < -0.4 is 5.32 Å². The standard InChI is InChI=1S/C19H23FN4OS/c20-18-6-2-1-4-16(18)15-24(9-8-23-10-12-25-13-11-23)19(26)22-17-5-3-7-21-14-17/h1-7,14H,8-13,15H2,(H,22,26). The lowest BCUT2D eigenvalue weighted by atomic mass is 10.2. The Kier molecular flexibility index (Phi) is 6.88. The average Bonchev–Trinajstić information content (AvgIpc) is 2.68. The third kappa shape index (κ3) is 5.45. The minimum Gasteiger partial charge on any atom is -0.379 e. The van der Waals surface area contributed by atoms with E-state index in [2.05, 4.69) is 15.2 Å². The first-order chi connectivity index (χ1) is 12.7. The van der Waals surface area contributed by atoms with Crippen LogP contribution in [0.4, 0.5) is 10.1 Å². The number of halogens is 1. The Balaban J connectivity index is 1.67. The molecule has 2 aromatic rings. The molecule has 0 atom stereocenters. The lowest BCUT2D eigenvalue weighted by Crippen LogP contribution is -2.44. The summed E-state index contributed by atoms with van der Waals surface area (Å²) in [5.74, 6) is -0.215. The highest BCUT2D eigenvalue weighted by Crippen LogP contribution is 2.13. The molecule has 3 rings (SSSR count). The minimum absolute atomic E-state index is 0.215. The number of anilines is 1. The molecule has 1 fully saturated rings. The molecule has 0 amide bonds. The summed E-state index contributed by atoms with van der Waals surface area (Å²) in [4.78, 5) is 8.43. The molecule has 1 aliphatic heterocycles. The summed E-state index contributed by atoms with van der Waals surface area (Å²) in [5, 5.41) is 3.76. The topological polar surface area (TPSA) is 40.6 Å². The van der Waals surface area contributed by atoms with Crippen molar-refractivity contribution < 1.29 is 9.13 Å². The van der Waals surface area contributed by atoms with Crippen molar-refractivity contribution in [3.63, 3.8) is 0 Å². The van der Waals surface area contributed by atoms with Gasteiger partial charge in [-0.3, -0.25) is 9.88 Å². The van der Waals surface area contributed by atoms with Crippen LogP contribution in [0.15, 0.2) is 48.8 Å². The Bertz CT molecular complexity index is 710. The van der Waals surface area contributed by atoms with E-state index in [1.165, 1.54) is 6.07 Å². The molecule has 1 N–H and O–H groups in total. The van der Waals surface area contributed by atoms with Gasteiger partial charge in [-0.2, -0.15) is 0 Å². The summed E-state index contributed by atoms with van der Waals surface area (Å²) in [6, 6.07) is 10.6. The summed E-state index contributed by atoms with van der Waals surface area (Å²) in [7, 11) is 0. The molecule has 2 heterocycles. The van der Waals surface area contributed by atoms with E-state index < -0.39 is 0 Å². The van der Waals surface area contributed by atoms with Gasteiger partial charge in [0.1, 0.15) is 5.82 Å². The summed E-state index contributed by atoms with van der Waals surface area (Å²) in [6.45, 7) is 5.32. The molecule has 1 aromatic heterocycles. The number of benzene rings is 1. The Labute approximate surface area is 158 Å². The molecular formula is C19H23FN4OS. The van der Waals surface area contributed by atoms with Crippen molar-refractivity contribution in [3.8, 4) is 0 Å². The summed E-state index contributed by atoms with van der Waals surface area (Å²) in [5.41, 5.74) is 1.45. The van der Waals surface area contributed by atoms with E-state index in [4.69, 9.17) is 17.0 Å². The number of nitrogens with one attached hydrogen (secondary N) is 1. The van der Waals surface area contributed by atoms with Gasteiger partial charge in [0.15, 0.2) is 5.11 Å². The Hall–Kier alpha value is -2.09. The molecule has 26 heavy (non-hydrogen) atoms. The van der Waals surface area contributed by atoms with E-state index in [1.807, 2.05) is 23.1 Å². The molecule has 0 spiro atoms. The minimum atomic E-state index is -0.215. The van der Waals surface area contributed by atoms with Crippen molar-refractivity contribution in [1.82, 2.24) is 14.8 Å². The highest BCUT2D eigenvalue weighted by molar-refractivity contribution is 7.80. The quantitative estimate of drug-likeness (QED) is 0.784. The second-order valence-electron chi connectivity index (χ2n) is 6.14. The van der Waals surface area contributed by atoms with Gasteiger partial charge >= 0.3 is 0 Å². The van der Waals surface area contributed by atoms with Gasteiger partial charge < -0.3 is 15.0 Å². The molecule has 0 saturated carbocycles. The van der Waals surface area contributed by atoms with Crippen LogP contribution in [0, 0.1) is 5.82 Å². The second-order valence-corrected chi connectivity index (χ2v) is 6.53. The van der Waals surface area contributed by atoms with Gasteiger partial charge in [0.25, 0.3) is 0 Å². The van der Waals surface area contributed by atoms with Crippen LogP contribution in [0.2, 0.25) is 0 Å². The van der Waals surface area contributed by atoms with Crippen LogP contribution >= 0.6 is 12.2 Å². The van der Waals surface area contributed by atoms with Gasteiger partial charge in [-0.25, -0.2) is 4.39 Å². The molecule has 0 bridgehead atoms. The van der Waals surface area contributed by atoms with E-state index in [0.29, 0.717) is 23.8 Å². The molecule has 7 heteroatoms. The van der Waals surface area contributed by atoms with Crippen LogP contribution in [0.25, 0.3) is 0 Å². The number of aromatic nitrogens is 1. The molecule has 0 radical (unpaired) electrons. The third-order valence-corrected chi connectivity index (χ3v) is 4.67. The maximum atomic E-state index is 14.1. The van der Waals surface area contributed by atoms with Crippen molar-refractivity contribution in [1.29, 1.82) is 0 Å². The van der Waals surface area contributed by atoms with Crippen LogP contribution in [-0.4, -0.2) is 59.3 Å². The van der Waals surface area contributed by atoms with Gasteiger partial charge in [0, 0.05) is 44.5 Å². The number of hydrogen-bond donors (Lipinski definition) is 1. The molecular weight excluding hydrogens is 351 g/mol. The number of rotatable bonds is 6. The van der Waals surface area contributed by atoms with Crippen molar-refractivity contribution in [2.24, 2.45) is 0 Å². The molecule has 0 unspecified atom stereocenters. The van der Waals surface area contributed by atoms with E-state index in [-0.39, 0.29) is 5.82 Å². The fourth-order valence-electron chi connectivity index (χ4n) is 2.81. The van der Waals surface area contributed by atoms with E-state index in [9.17, 15) is 4.39 Å². The van der Waals surface area contributed by atoms with Gasteiger partial charge in [-0.1, -0.05) is 18.2 Å². The maximum absolute atomic E-state index is 14.1. The summed E-state index contributed by atoms with van der Waals surface area (Å²) < 4.78 is 19.5. The first-order valence-electron chi connectivity index (χ1n) is 8.72. The Morgan fingerprint density at radius 3 is 2.77 bits per heavy atom. The van der Waals surface area contributed by atoms with Gasteiger partial charge in [-0.15, -0.1) is 0 Å². The zero-order chi connectivity index (χ0) is 18.2. The van der Waals surface area contributed by atoms with Crippen LogP contribution in [-0.2, 0) is 11.3 Å². The maximum Gasteiger partial charge on any atom is 0.173 e. The third-order valence-electron chi connectivity index (χ3n) is 4.31. The van der Waals surface area contributed by atoms with Crippen molar-refractivity contribution >= 4 is 23.0 Å². The fourth-order valence-corrected chi connectivity index (χ4v) is 3.08. The lowest BCUT2D eigenvalue weighted by molar-refractivity contribution is 0.0358. The smallest absolute Gasteiger partial charge is 0.173 e. The molecule has 1 aromatic carbocycles. The number of pyridine rings is 1. The van der Waals surface area contributed by atoms with Gasteiger partial charge in [0.05, 0.1) is 25.1 Å². The first-order valence-corrected chi connectivity index (χ1v) is 9.12. The molecule has 138 valence electrons. The normalized spacial score (nSPS) is 14.8. The van der Waals surface area contributed by atoms with Gasteiger partial charge in [0.2, 0.25) is 0 Å². The predicted octanol–water partition coefficient (Wildman–Crippen LogP) is 2.75. The predicted molar refractivity (Wildman–Crippen MR) is 105 cm³/mol. The van der Waals surface area contributed by atoms with Crippen LogP contribution in [0.1, 0.15) is 5.56 Å². The van der Waals surface area contributed by atoms with Crippen molar-refractivity contribution in [2.75, 3.05) is 44.7 Å². The van der Waals surface area contributed by atoms with Crippen molar-refractivity contribution in [2.45, 2.75) is 6.54 Å². The van der Waals surface area contributed by atoms with Crippen LogP contribution in [0.5, 0.6) is 0 Å². The second kappa shape index (κ2) is 9.56. The van der Waals surface area contributed by atoms with Gasteiger partial charge in [-0.05, 0) is 30.4 Å². The lowest BCUT2D eigenvalue weighted by Gasteiger charge is -2.31. The zero-order valence-corrected chi connectivity index (χ0v) is 15.4. The average molecular weight is 374 g/mol. The number of hydrogen-bond acceptors (Lipinski definition) is 4. The van der Waals surface area contributed by atoms with E-state index in [0.717, 1.165) is 38.5 Å². The number of thiocarbonyl (C=S) groups is 1. The molecule has 1 saturated heterocycles. The van der Waals surface area contributed by atoms with E-state index >= 15 is 0 Å². The van der Waals surface area contributed by atoms with Crippen molar-refractivity contribution in [3.05, 3.63) is 60.2 Å². The molecule has 5 nitrogen and oxygen atoms in total.